The Kier molecular flexibility index (Phi) is 6.22. The molecule has 4 saturated carbocycles. The van der Waals surface area contributed by atoms with Crippen LogP contribution in [0.15, 0.2) is 29.2 Å². The quantitative estimate of drug-likeness (QED) is 0.436. The fourth-order valence-electron chi connectivity index (χ4n) is 5.88. The van der Waals surface area contributed by atoms with Crippen molar-refractivity contribution in [3.05, 3.63) is 29.8 Å². The number of thioether (sulfide) groups is 1. The molecule has 5 rings (SSSR count). The van der Waals surface area contributed by atoms with E-state index in [0.717, 1.165) is 37.0 Å². The SMILES string of the molecule is NC(=O)NC(=O)COC(=O)c1ccccc1SCC(=O)NC12CC3CC(CC(C3)C1)C2. The molecular weight excluding hydrogens is 418 g/mol. The molecule has 0 spiro atoms. The van der Waals surface area contributed by atoms with Gasteiger partial charge in [0.05, 0.1) is 11.3 Å². The Hall–Kier alpha value is -2.55. The highest BCUT2D eigenvalue weighted by atomic mass is 32.2. The third-order valence-electron chi connectivity index (χ3n) is 6.51. The van der Waals surface area contributed by atoms with Crippen molar-refractivity contribution in [2.24, 2.45) is 23.5 Å². The lowest BCUT2D eigenvalue weighted by molar-refractivity contribution is -0.124. The van der Waals surface area contributed by atoms with Gasteiger partial charge < -0.3 is 15.8 Å². The summed E-state index contributed by atoms with van der Waals surface area (Å²) in [5.41, 5.74) is 5.08. The summed E-state index contributed by atoms with van der Waals surface area (Å²) in [5, 5.41) is 5.16. The summed E-state index contributed by atoms with van der Waals surface area (Å²) in [6, 6.07) is 5.76. The molecule has 4 fully saturated rings. The number of hydrogen-bond acceptors (Lipinski definition) is 6. The highest BCUT2D eigenvalue weighted by molar-refractivity contribution is 8.00. The number of hydrogen-bond donors (Lipinski definition) is 3. The van der Waals surface area contributed by atoms with Crippen LogP contribution in [0.2, 0.25) is 0 Å². The molecule has 31 heavy (non-hydrogen) atoms. The van der Waals surface area contributed by atoms with Gasteiger partial charge in [0.1, 0.15) is 0 Å². The molecule has 0 unspecified atom stereocenters. The van der Waals surface area contributed by atoms with Gasteiger partial charge in [-0.2, -0.15) is 0 Å². The normalized spacial score (nSPS) is 28.1. The van der Waals surface area contributed by atoms with Crippen molar-refractivity contribution in [1.29, 1.82) is 0 Å². The minimum Gasteiger partial charge on any atom is -0.452 e. The first-order valence-electron chi connectivity index (χ1n) is 10.6. The number of imide groups is 1. The molecule has 1 aromatic carbocycles. The van der Waals surface area contributed by atoms with Gasteiger partial charge in [0.15, 0.2) is 6.61 Å². The molecule has 9 heteroatoms. The summed E-state index contributed by atoms with van der Waals surface area (Å²) in [7, 11) is 0. The summed E-state index contributed by atoms with van der Waals surface area (Å²) in [4.78, 5) is 47.8. The van der Waals surface area contributed by atoms with Gasteiger partial charge in [0.25, 0.3) is 5.91 Å². The van der Waals surface area contributed by atoms with Crippen LogP contribution in [0.25, 0.3) is 0 Å². The second-order valence-electron chi connectivity index (χ2n) is 9.02. The molecule has 0 heterocycles. The lowest BCUT2D eigenvalue weighted by atomic mass is 9.53. The van der Waals surface area contributed by atoms with E-state index in [0.29, 0.717) is 4.90 Å². The molecule has 4 aliphatic rings. The summed E-state index contributed by atoms with van der Waals surface area (Å²) in [5.74, 6) is 0.930. The highest BCUT2D eigenvalue weighted by Gasteiger charge is 2.51. The summed E-state index contributed by atoms with van der Waals surface area (Å²) in [6.07, 6.45) is 7.22. The highest BCUT2D eigenvalue weighted by Crippen LogP contribution is 2.55. The first kappa shape index (κ1) is 21.7. The van der Waals surface area contributed by atoms with Crippen molar-refractivity contribution in [3.63, 3.8) is 0 Å². The van der Waals surface area contributed by atoms with Gasteiger partial charge >= 0.3 is 12.0 Å². The second kappa shape index (κ2) is 8.90. The van der Waals surface area contributed by atoms with Crippen molar-refractivity contribution in [1.82, 2.24) is 10.6 Å². The van der Waals surface area contributed by atoms with Crippen molar-refractivity contribution in [2.45, 2.75) is 49.0 Å². The van der Waals surface area contributed by atoms with E-state index in [2.05, 4.69) is 5.32 Å². The fourth-order valence-corrected chi connectivity index (χ4v) is 6.72. The van der Waals surface area contributed by atoms with Crippen LogP contribution in [0.5, 0.6) is 0 Å². The number of carbonyl (C=O) groups is 4. The number of nitrogens with one attached hydrogen (secondary N) is 2. The average Bonchev–Trinajstić information content (AvgIpc) is 2.69. The maximum atomic E-state index is 12.8. The predicted molar refractivity (Wildman–Crippen MR) is 114 cm³/mol. The molecular formula is C22H27N3O5S. The average molecular weight is 446 g/mol. The van der Waals surface area contributed by atoms with Gasteiger partial charge in [-0.05, 0) is 68.4 Å². The largest absolute Gasteiger partial charge is 0.452 e. The number of carbonyl (C=O) groups excluding carboxylic acids is 4. The van der Waals surface area contributed by atoms with Gasteiger partial charge in [0, 0.05) is 10.4 Å². The smallest absolute Gasteiger partial charge is 0.339 e. The number of primary amides is 1. The van der Waals surface area contributed by atoms with Crippen LogP contribution in [-0.4, -0.2) is 41.7 Å². The van der Waals surface area contributed by atoms with E-state index in [4.69, 9.17) is 10.5 Å². The summed E-state index contributed by atoms with van der Waals surface area (Å²) < 4.78 is 4.96. The molecule has 0 radical (unpaired) electrons. The zero-order valence-electron chi connectivity index (χ0n) is 17.2. The van der Waals surface area contributed by atoms with E-state index in [9.17, 15) is 19.2 Å². The number of benzene rings is 1. The second-order valence-corrected chi connectivity index (χ2v) is 10.0. The fraction of sp³-hybridized carbons (Fsp3) is 0.545. The first-order valence-corrected chi connectivity index (χ1v) is 11.6. The van der Waals surface area contributed by atoms with E-state index in [1.807, 2.05) is 5.32 Å². The van der Waals surface area contributed by atoms with Gasteiger partial charge in [-0.3, -0.25) is 14.9 Å². The van der Waals surface area contributed by atoms with Crippen molar-refractivity contribution in [2.75, 3.05) is 12.4 Å². The summed E-state index contributed by atoms with van der Waals surface area (Å²) >= 11 is 1.27. The monoisotopic (exact) mass is 445 g/mol. The maximum absolute atomic E-state index is 12.8. The molecule has 1 aromatic rings. The first-order chi connectivity index (χ1) is 14.8. The van der Waals surface area contributed by atoms with Gasteiger partial charge in [0.2, 0.25) is 5.91 Å². The molecule has 0 saturated heterocycles. The molecule has 0 aromatic heterocycles. The topological polar surface area (TPSA) is 128 Å². The molecule has 4 bridgehead atoms. The standard InChI is InChI=1S/C22H27N3O5S/c23-21(29)24-18(26)11-30-20(28)16-3-1-2-4-17(16)31-12-19(27)25-22-8-13-5-14(9-22)7-15(6-13)10-22/h1-4,13-15H,5-12H2,(H,25,27)(H3,23,24,26,29). The zero-order valence-corrected chi connectivity index (χ0v) is 18.0. The number of rotatable bonds is 7. The molecule has 0 aliphatic heterocycles. The Morgan fingerprint density at radius 1 is 1.00 bits per heavy atom. The minimum absolute atomic E-state index is 0.0176. The summed E-state index contributed by atoms with van der Waals surface area (Å²) in [6.45, 7) is -0.618. The van der Waals surface area contributed by atoms with E-state index in [1.54, 1.807) is 24.3 Å². The Bertz CT molecular complexity index is 868. The van der Waals surface area contributed by atoms with Crippen molar-refractivity contribution < 1.29 is 23.9 Å². The van der Waals surface area contributed by atoms with Crippen LogP contribution >= 0.6 is 11.8 Å². The predicted octanol–water partition coefficient (Wildman–Crippen LogP) is 2.22. The lowest BCUT2D eigenvalue weighted by Crippen LogP contribution is -2.60. The number of amides is 4. The van der Waals surface area contributed by atoms with Crippen LogP contribution in [-0.2, 0) is 14.3 Å². The van der Waals surface area contributed by atoms with Crippen molar-refractivity contribution >= 4 is 35.6 Å². The Balaban J connectivity index is 1.32. The van der Waals surface area contributed by atoms with Crippen LogP contribution in [0.4, 0.5) is 4.79 Å². The molecule has 166 valence electrons. The molecule has 4 N–H and O–H groups in total. The minimum atomic E-state index is -1.01. The Morgan fingerprint density at radius 3 is 2.23 bits per heavy atom. The Morgan fingerprint density at radius 2 is 1.61 bits per heavy atom. The maximum Gasteiger partial charge on any atom is 0.339 e. The number of urea groups is 1. The van der Waals surface area contributed by atoms with E-state index in [-0.39, 0.29) is 22.8 Å². The van der Waals surface area contributed by atoms with Crippen LogP contribution in [0.3, 0.4) is 0 Å². The van der Waals surface area contributed by atoms with Crippen LogP contribution < -0.4 is 16.4 Å². The molecule has 4 amide bonds. The van der Waals surface area contributed by atoms with Crippen LogP contribution in [0.1, 0.15) is 48.9 Å². The van der Waals surface area contributed by atoms with Crippen LogP contribution in [0, 0.1) is 17.8 Å². The zero-order chi connectivity index (χ0) is 22.0. The van der Waals surface area contributed by atoms with E-state index in [1.165, 1.54) is 31.0 Å². The van der Waals surface area contributed by atoms with Gasteiger partial charge in [-0.1, -0.05) is 12.1 Å². The lowest BCUT2D eigenvalue weighted by Gasteiger charge is -2.56. The number of ether oxygens (including phenoxy) is 1. The van der Waals surface area contributed by atoms with Crippen molar-refractivity contribution in [3.8, 4) is 0 Å². The van der Waals surface area contributed by atoms with E-state index >= 15 is 0 Å². The van der Waals surface area contributed by atoms with Gasteiger partial charge in [-0.25, -0.2) is 9.59 Å². The van der Waals surface area contributed by atoms with Gasteiger partial charge in [-0.15, -0.1) is 11.8 Å². The Labute approximate surface area is 185 Å². The molecule has 8 nitrogen and oxygen atoms in total. The molecule has 0 atom stereocenters. The van der Waals surface area contributed by atoms with E-state index < -0.39 is 24.5 Å². The third kappa shape index (κ3) is 5.20. The number of esters is 1. The third-order valence-corrected chi connectivity index (χ3v) is 7.58. The molecule has 4 aliphatic carbocycles. The number of nitrogens with two attached hydrogens (primary N) is 1.